The molecule has 0 atom stereocenters. The monoisotopic (exact) mass is 346 g/mol. The highest BCUT2D eigenvalue weighted by atomic mass is 79.9. The molecule has 0 fully saturated rings. The standard InChI is InChI=1S/C17H12BrClO/c18-11-12-8-9-17(15(19)10-12)20-16-7-3-5-13-4-1-2-6-14(13)16/h1-10H,11H2. The molecule has 0 radical (unpaired) electrons. The van der Waals surface area contributed by atoms with Gasteiger partial charge in [0.25, 0.3) is 0 Å². The number of halogens is 2. The molecule has 0 spiro atoms. The second kappa shape index (κ2) is 5.86. The van der Waals surface area contributed by atoms with E-state index < -0.39 is 0 Å². The van der Waals surface area contributed by atoms with Gasteiger partial charge in [0.2, 0.25) is 0 Å². The van der Waals surface area contributed by atoms with Crippen LogP contribution in [0.2, 0.25) is 5.02 Å². The van der Waals surface area contributed by atoms with Crippen molar-refractivity contribution in [2.24, 2.45) is 0 Å². The summed E-state index contributed by atoms with van der Waals surface area (Å²) in [6.45, 7) is 0. The van der Waals surface area contributed by atoms with E-state index in [0.717, 1.165) is 27.4 Å². The van der Waals surface area contributed by atoms with Crippen molar-refractivity contribution in [3.05, 3.63) is 71.2 Å². The number of hydrogen-bond acceptors (Lipinski definition) is 1. The number of ether oxygens (including phenoxy) is 1. The van der Waals surface area contributed by atoms with Gasteiger partial charge in [-0.05, 0) is 29.1 Å². The molecule has 0 aliphatic heterocycles. The summed E-state index contributed by atoms with van der Waals surface area (Å²) in [4.78, 5) is 0. The van der Waals surface area contributed by atoms with E-state index in [1.165, 1.54) is 0 Å². The minimum absolute atomic E-state index is 0.620. The predicted octanol–water partition coefficient (Wildman–Crippen LogP) is 6.18. The van der Waals surface area contributed by atoms with Gasteiger partial charge in [0.05, 0.1) is 5.02 Å². The zero-order valence-corrected chi connectivity index (χ0v) is 13.0. The molecule has 0 N–H and O–H groups in total. The van der Waals surface area contributed by atoms with Crippen LogP contribution < -0.4 is 4.74 Å². The average Bonchev–Trinajstić information content (AvgIpc) is 2.49. The summed E-state index contributed by atoms with van der Waals surface area (Å²) in [6, 6.07) is 20.0. The third-order valence-electron chi connectivity index (χ3n) is 3.12. The molecule has 0 aromatic heterocycles. The molecule has 0 saturated carbocycles. The van der Waals surface area contributed by atoms with Crippen molar-refractivity contribution in [1.82, 2.24) is 0 Å². The Kier molecular flexibility index (Phi) is 3.95. The highest BCUT2D eigenvalue weighted by molar-refractivity contribution is 9.08. The largest absolute Gasteiger partial charge is 0.455 e. The second-order valence-corrected chi connectivity index (χ2v) is 5.45. The fraction of sp³-hybridized carbons (Fsp3) is 0.0588. The van der Waals surface area contributed by atoms with Gasteiger partial charge in [0.1, 0.15) is 11.5 Å². The summed E-state index contributed by atoms with van der Waals surface area (Å²) in [5.41, 5.74) is 1.13. The summed E-state index contributed by atoms with van der Waals surface area (Å²) >= 11 is 9.68. The van der Waals surface area contributed by atoms with E-state index in [1.807, 2.05) is 48.5 Å². The van der Waals surface area contributed by atoms with Crippen molar-refractivity contribution in [1.29, 1.82) is 0 Å². The van der Waals surface area contributed by atoms with Crippen LogP contribution in [0.25, 0.3) is 10.8 Å². The molecule has 0 bridgehead atoms. The van der Waals surface area contributed by atoms with Crippen molar-refractivity contribution in [3.8, 4) is 11.5 Å². The van der Waals surface area contributed by atoms with Gasteiger partial charge in [-0.3, -0.25) is 0 Å². The summed E-state index contributed by atoms with van der Waals surface area (Å²) < 4.78 is 5.97. The first-order chi connectivity index (χ1) is 9.78. The Hall–Kier alpha value is -1.51. The average molecular weight is 348 g/mol. The first-order valence-corrected chi connectivity index (χ1v) is 7.78. The van der Waals surface area contributed by atoms with E-state index in [2.05, 4.69) is 28.1 Å². The molecule has 100 valence electrons. The maximum absolute atomic E-state index is 6.26. The van der Waals surface area contributed by atoms with Crippen LogP contribution in [0.15, 0.2) is 60.7 Å². The zero-order chi connectivity index (χ0) is 13.9. The molecule has 0 aliphatic carbocycles. The first kappa shape index (κ1) is 13.5. The van der Waals surface area contributed by atoms with E-state index >= 15 is 0 Å². The second-order valence-electron chi connectivity index (χ2n) is 4.48. The molecule has 3 aromatic rings. The minimum atomic E-state index is 0.620. The van der Waals surface area contributed by atoms with Crippen LogP contribution in [-0.4, -0.2) is 0 Å². The Balaban J connectivity index is 2.01. The molecule has 0 amide bonds. The zero-order valence-electron chi connectivity index (χ0n) is 10.6. The Bertz CT molecular complexity index is 750. The summed E-state index contributed by atoms with van der Waals surface area (Å²) in [5, 5.41) is 3.63. The molecule has 20 heavy (non-hydrogen) atoms. The SMILES string of the molecule is Clc1cc(CBr)ccc1Oc1cccc2ccccc12. The molecule has 0 aliphatic rings. The number of fused-ring (bicyclic) bond motifs is 1. The van der Waals surface area contributed by atoms with Gasteiger partial charge in [-0.15, -0.1) is 0 Å². The van der Waals surface area contributed by atoms with Crippen molar-refractivity contribution < 1.29 is 4.74 Å². The Morgan fingerprint density at radius 3 is 2.50 bits per heavy atom. The molecule has 3 heteroatoms. The maximum atomic E-state index is 6.26. The normalized spacial score (nSPS) is 10.7. The van der Waals surface area contributed by atoms with Crippen LogP contribution in [0, 0.1) is 0 Å². The van der Waals surface area contributed by atoms with E-state index in [-0.39, 0.29) is 0 Å². The summed E-state index contributed by atoms with van der Waals surface area (Å²) in [7, 11) is 0. The van der Waals surface area contributed by atoms with Gasteiger partial charge in [0.15, 0.2) is 0 Å². The maximum Gasteiger partial charge on any atom is 0.146 e. The molecular weight excluding hydrogens is 336 g/mol. The predicted molar refractivity (Wildman–Crippen MR) is 88.1 cm³/mol. The van der Waals surface area contributed by atoms with Gasteiger partial charge < -0.3 is 4.74 Å². The van der Waals surface area contributed by atoms with Gasteiger partial charge >= 0.3 is 0 Å². The molecule has 3 rings (SSSR count). The lowest BCUT2D eigenvalue weighted by Crippen LogP contribution is -1.88. The third-order valence-corrected chi connectivity index (χ3v) is 4.06. The van der Waals surface area contributed by atoms with E-state index in [9.17, 15) is 0 Å². The van der Waals surface area contributed by atoms with E-state index in [1.54, 1.807) is 0 Å². The lowest BCUT2D eigenvalue weighted by molar-refractivity contribution is 0.488. The summed E-state index contributed by atoms with van der Waals surface area (Å²) in [5.74, 6) is 1.49. The fourth-order valence-electron chi connectivity index (χ4n) is 2.11. The highest BCUT2D eigenvalue weighted by Crippen LogP contribution is 2.34. The molecule has 0 unspecified atom stereocenters. The third kappa shape index (κ3) is 2.67. The number of rotatable bonds is 3. The molecule has 0 heterocycles. The van der Waals surface area contributed by atoms with Crippen LogP contribution in [0.3, 0.4) is 0 Å². The van der Waals surface area contributed by atoms with Crippen molar-refractivity contribution >= 4 is 38.3 Å². The van der Waals surface area contributed by atoms with Crippen LogP contribution >= 0.6 is 27.5 Å². The van der Waals surface area contributed by atoms with E-state index in [0.29, 0.717) is 10.8 Å². The van der Waals surface area contributed by atoms with E-state index in [4.69, 9.17) is 16.3 Å². The van der Waals surface area contributed by atoms with Gasteiger partial charge in [-0.2, -0.15) is 0 Å². The smallest absolute Gasteiger partial charge is 0.146 e. The summed E-state index contributed by atoms with van der Waals surface area (Å²) in [6.07, 6.45) is 0. The van der Waals surface area contributed by atoms with Crippen molar-refractivity contribution in [2.45, 2.75) is 5.33 Å². The number of alkyl halides is 1. The Morgan fingerprint density at radius 1 is 0.900 bits per heavy atom. The van der Waals surface area contributed by atoms with Gasteiger partial charge in [0, 0.05) is 10.7 Å². The van der Waals surface area contributed by atoms with Crippen molar-refractivity contribution in [3.63, 3.8) is 0 Å². The number of benzene rings is 3. The van der Waals surface area contributed by atoms with Crippen LogP contribution in [0.1, 0.15) is 5.56 Å². The van der Waals surface area contributed by atoms with Gasteiger partial charge in [-0.1, -0.05) is 70.0 Å². The molecular formula is C17H12BrClO. The Labute approximate surface area is 131 Å². The van der Waals surface area contributed by atoms with Gasteiger partial charge in [-0.25, -0.2) is 0 Å². The highest BCUT2D eigenvalue weighted by Gasteiger charge is 2.07. The first-order valence-electron chi connectivity index (χ1n) is 6.28. The molecule has 1 nitrogen and oxygen atoms in total. The molecule has 0 saturated heterocycles. The Morgan fingerprint density at radius 2 is 1.70 bits per heavy atom. The topological polar surface area (TPSA) is 9.23 Å². The molecule has 3 aromatic carbocycles. The van der Waals surface area contributed by atoms with Crippen LogP contribution in [-0.2, 0) is 5.33 Å². The lowest BCUT2D eigenvalue weighted by atomic mass is 10.1. The van der Waals surface area contributed by atoms with Crippen LogP contribution in [0.5, 0.6) is 11.5 Å². The van der Waals surface area contributed by atoms with Crippen LogP contribution in [0.4, 0.5) is 0 Å². The lowest BCUT2D eigenvalue weighted by Gasteiger charge is -2.11. The van der Waals surface area contributed by atoms with Crippen molar-refractivity contribution in [2.75, 3.05) is 0 Å². The minimum Gasteiger partial charge on any atom is -0.455 e. The number of hydrogen-bond donors (Lipinski definition) is 0. The fourth-order valence-corrected chi connectivity index (χ4v) is 2.70. The quantitative estimate of drug-likeness (QED) is 0.514.